The normalized spacial score (nSPS) is 11.3. The minimum Gasteiger partial charge on any atom is -0.505 e. The van der Waals surface area contributed by atoms with Crippen LogP contribution in [0.2, 0.25) is 10.0 Å². The highest BCUT2D eigenvalue weighted by Gasteiger charge is 2.18. The van der Waals surface area contributed by atoms with E-state index in [4.69, 9.17) is 23.2 Å². The number of hydrogen-bond acceptors (Lipinski definition) is 3. The second kappa shape index (κ2) is 5.52. The standard InChI is InChI=1S/C13H11Cl2NO3S/c1-8-11(7-10(14)13(17)12(8)15)16-20(18,19)9-5-3-2-4-6-9/h2-7,16-17H,1H3. The highest BCUT2D eigenvalue weighted by atomic mass is 35.5. The molecular formula is C13H11Cl2NO3S. The molecule has 2 rings (SSSR count). The van der Waals surface area contributed by atoms with E-state index in [2.05, 4.69) is 4.72 Å². The monoisotopic (exact) mass is 331 g/mol. The van der Waals surface area contributed by atoms with Crippen molar-refractivity contribution in [3.05, 3.63) is 52.0 Å². The molecule has 2 aromatic rings. The van der Waals surface area contributed by atoms with Crippen LogP contribution in [0.15, 0.2) is 41.3 Å². The zero-order valence-corrected chi connectivity index (χ0v) is 12.7. The molecule has 0 amide bonds. The Hall–Kier alpha value is -1.43. The minimum absolute atomic E-state index is 0.0169. The van der Waals surface area contributed by atoms with Crippen LogP contribution < -0.4 is 4.72 Å². The highest BCUT2D eigenvalue weighted by molar-refractivity contribution is 7.92. The third kappa shape index (κ3) is 2.85. The number of phenolic OH excluding ortho intramolecular Hbond substituents is 1. The molecular weight excluding hydrogens is 321 g/mol. The summed E-state index contributed by atoms with van der Waals surface area (Å²) in [6, 6.07) is 9.23. The largest absolute Gasteiger partial charge is 0.505 e. The predicted molar refractivity (Wildman–Crippen MR) is 80.1 cm³/mol. The van der Waals surface area contributed by atoms with E-state index in [0.29, 0.717) is 5.56 Å². The molecule has 20 heavy (non-hydrogen) atoms. The van der Waals surface area contributed by atoms with Crippen molar-refractivity contribution in [2.75, 3.05) is 4.72 Å². The lowest BCUT2D eigenvalue weighted by molar-refractivity contribution is 0.475. The van der Waals surface area contributed by atoms with Crippen molar-refractivity contribution in [1.29, 1.82) is 0 Å². The molecule has 0 aliphatic carbocycles. The van der Waals surface area contributed by atoms with E-state index in [1.165, 1.54) is 18.2 Å². The summed E-state index contributed by atoms with van der Waals surface area (Å²) in [6.45, 7) is 1.58. The zero-order chi connectivity index (χ0) is 14.9. The average molecular weight is 332 g/mol. The molecule has 0 aliphatic rings. The highest BCUT2D eigenvalue weighted by Crippen LogP contribution is 2.39. The maximum Gasteiger partial charge on any atom is 0.261 e. The Labute approximate surface area is 127 Å². The van der Waals surface area contributed by atoms with Crippen LogP contribution in [0.1, 0.15) is 5.56 Å². The van der Waals surface area contributed by atoms with Gasteiger partial charge in [0.15, 0.2) is 5.75 Å². The van der Waals surface area contributed by atoms with Crippen molar-refractivity contribution in [2.45, 2.75) is 11.8 Å². The van der Waals surface area contributed by atoms with Crippen LogP contribution in [0.25, 0.3) is 0 Å². The lowest BCUT2D eigenvalue weighted by atomic mass is 10.2. The SMILES string of the molecule is Cc1c(NS(=O)(=O)c2ccccc2)cc(Cl)c(O)c1Cl. The molecule has 0 radical (unpaired) electrons. The lowest BCUT2D eigenvalue weighted by Crippen LogP contribution is -2.13. The van der Waals surface area contributed by atoms with Gasteiger partial charge in [0.2, 0.25) is 0 Å². The fourth-order valence-electron chi connectivity index (χ4n) is 1.61. The number of aromatic hydroxyl groups is 1. The van der Waals surface area contributed by atoms with Crippen LogP contribution >= 0.6 is 23.2 Å². The summed E-state index contributed by atoms with van der Waals surface area (Å²) >= 11 is 11.7. The molecule has 0 saturated carbocycles. The first-order valence-electron chi connectivity index (χ1n) is 5.58. The van der Waals surface area contributed by atoms with E-state index >= 15 is 0 Å². The molecule has 0 bridgehead atoms. The third-order valence-electron chi connectivity index (χ3n) is 2.74. The Balaban J connectivity index is 2.46. The number of sulfonamides is 1. The topological polar surface area (TPSA) is 66.4 Å². The van der Waals surface area contributed by atoms with Gasteiger partial charge in [-0.2, -0.15) is 0 Å². The second-order valence-corrected chi connectivity index (χ2v) is 6.58. The van der Waals surface area contributed by atoms with Crippen LogP contribution in [0, 0.1) is 6.92 Å². The van der Waals surface area contributed by atoms with Crippen LogP contribution in [-0.4, -0.2) is 13.5 Å². The van der Waals surface area contributed by atoms with E-state index in [0.717, 1.165) is 0 Å². The van der Waals surface area contributed by atoms with E-state index < -0.39 is 10.0 Å². The number of benzene rings is 2. The van der Waals surface area contributed by atoms with E-state index in [1.807, 2.05) is 0 Å². The number of nitrogens with one attached hydrogen (secondary N) is 1. The Bertz CT molecular complexity index is 746. The van der Waals surface area contributed by atoms with Crippen molar-refractivity contribution in [2.24, 2.45) is 0 Å². The van der Waals surface area contributed by atoms with Gasteiger partial charge in [-0.1, -0.05) is 41.4 Å². The van der Waals surface area contributed by atoms with Crippen molar-refractivity contribution < 1.29 is 13.5 Å². The van der Waals surface area contributed by atoms with Crippen LogP contribution in [0.4, 0.5) is 5.69 Å². The van der Waals surface area contributed by atoms with E-state index in [-0.39, 0.29) is 26.4 Å². The summed E-state index contributed by atoms with van der Waals surface area (Å²) in [5.74, 6) is -0.270. The molecule has 0 aromatic heterocycles. The van der Waals surface area contributed by atoms with Gasteiger partial charge in [-0.25, -0.2) is 8.42 Å². The van der Waals surface area contributed by atoms with Gasteiger partial charge in [0.05, 0.1) is 20.6 Å². The third-order valence-corrected chi connectivity index (χ3v) is 4.87. The zero-order valence-electron chi connectivity index (χ0n) is 10.4. The number of hydrogen-bond donors (Lipinski definition) is 2. The number of halogens is 2. The fraction of sp³-hybridized carbons (Fsp3) is 0.0769. The predicted octanol–water partition coefficient (Wildman–Crippen LogP) is 3.81. The maximum absolute atomic E-state index is 12.2. The molecule has 7 heteroatoms. The first-order chi connectivity index (χ1) is 9.33. The van der Waals surface area contributed by atoms with Crippen molar-refractivity contribution in [1.82, 2.24) is 0 Å². The maximum atomic E-state index is 12.2. The van der Waals surface area contributed by atoms with Gasteiger partial charge in [0.25, 0.3) is 10.0 Å². The van der Waals surface area contributed by atoms with Gasteiger partial charge >= 0.3 is 0 Å². The summed E-state index contributed by atoms with van der Waals surface area (Å²) in [7, 11) is -3.73. The summed E-state index contributed by atoms with van der Waals surface area (Å²) in [5, 5.41) is 9.58. The summed E-state index contributed by atoms with van der Waals surface area (Å²) in [5.41, 5.74) is 0.620. The minimum atomic E-state index is -3.73. The molecule has 2 N–H and O–H groups in total. The molecule has 106 valence electrons. The summed E-state index contributed by atoms with van der Waals surface area (Å²) < 4.78 is 26.8. The van der Waals surface area contributed by atoms with Crippen LogP contribution in [-0.2, 0) is 10.0 Å². The van der Waals surface area contributed by atoms with Gasteiger partial charge in [-0.05, 0) is 30.7 Å². The second-order valence-electron chi connectivity index (χ2n) is 4.11. The molecule has 0 fully saturated rings. The number of phenols is 1. The first kappa shape index (κ1) is 15.0. The molecule has 0 heterocycles. The Morgan fingerprint density at radius 2 is 1.75 bits per heavy atom. The molecule has 0 atom stereocenters. The molecule has 0 spiro atoms. The van der Waals surface area contributed by atoms with Crippen LogP contribution in [0.3, 0.4) is 0 Å². The van der Waals surface area contributed by atoms with Gasteiger partial charge in [-0.15, -0.1) is 0 Å². The van der Waals surface area contributed by atoms with Gasteiger partial charge in [0.1, 0.15) is 0 Å². The summed E-state index contributed by atoms with van der Waals surface area (Å²) in [4.78, 5) is 0.125. The van der Waals surface area contributed by atoms with Crippen molar-refractivity contribution in [3.63, 3.8) is 0 Å². The van der Waals surface area contributed by atoms with Gasteiger partial charge < -0.3 is 5.11 Å². The summed E-state index contributed by atoms with van der Waals surface area (Å²) in [6.07, 6.45) is 0. The molecule has 0 unspecified atom stereocenters. The quantitative estimate of drug-likeness (QED) is 0.840. The smallest absolute Gasteiger partial charge is 0.261 e. The number of rotatable bonds is 3. The first-order valence-corrected chi connectivity index (χ1v) is 7.82. The van der Waals surface area contributed by atoms with Crippen molar-refractivity contribution >= 4 is 38.9 Å². The molecule has 2 aromatic carbocycles. The van der Waals surface area contributed by atoms with Crippen molar-refractivity contribution in [3.8, 4) is 5.75 Å². The van der Waals surface area contributed by atoms with E-state index in [1.54, 1.807) is 25.1 Å². The van der Waals surface area contributed by atoms with Gasteiger partial charge in [0, 0.05) is 0 Å². The molecule has 4 nitrogen and oxygen atoms in total. The lowest BCUT2D eigenvalue weighted by Gasteiger charge is -2.13. The number of anilines is 1. The molecule has 0 aliphatic heterocycles. The average Bonchev–Trinajstić information content (AvgIpc) is 2.43. The van der Waals surface area contributed by atoms with Gasteiger partial charge in [-0.3, -0.25) is 4.72 Å². The molecule has 0 saturated heterocycles. The van der Waals surface area contributed by atoms with Crippen LogP contribution in [0.5, 0.6) is 5.75 Å². The Morgan fingerprint density at radius 3 is 2.35 bits per heavy atom. The Kier molecular flexibility index (Phi) is 4.13. The van der Waals surface area contributed by atoms with E-state index in [9.17, 15) is 13.5 Å². The fourth-order valence-corrected chi connectivity index (χ4v) is 3.20. The Morgan fingerprint density at radius 1 is 1.15 bits per heavy atom.